The number of hydrogen-bond acceptors (Lipinski definition) is 3. The molecule has 0 atom stereocenters. The largest absolute Gasteiger partial charge is 0.484 e. The highest BCUT2D eigenvalue weighted by atomic mass is 19.1. The zero-order valence-electron chi connectivity index (χ0n) is 10.4. The summed E-state index contributed by atoms with van der Waals surface area (Å²) in [5.74, 6) is 0.0150. The van der Waals surface area contributed by atoms with Crippen molar-refractivity contribution in [1.82, 2.24) is 10.2 Å². The van der Waals surface area contributed by atoms with Crippen LogP contribution in [0.4, 0.5) is 4.39 Å². The first kappa shape index (κ1) is 12.8. The SMILES string of the molecule is Cc1ccc(OCC(=O)N2CCNCC2)cc1F. The summed E-state index contributed by atoms with van der Waals surface area (Å²) in [7, 11) is 0. The molecule has 4 nitrogen and oxygen atoms in total. The predicted molar refractivity (Wildman–Crippen MR) is 66.1 cm³/mol. The molecule has 18 heavy (non-hydrogen) atoms. The number of nitrogens with one attached hydrogen (secondary N) is 1. The first-order valence-electron chi connectivity index (χ1n) is 6.04. The maximum absolute atomic E-state index is 13.3. The summed E-state index contributed by atoms with van der Waals surface area (Å²) in [6.07, 6.45) is 0. The van der Waals surface area contributed by atoms with Crippen LogP contribution in [0.15, 0.2) is 18.2 Å². The van der Waals surface area contributed by atoms with E-state index in [0.29, 0.717) is 24.4 Å². The van der Waals surface area contributed by atoms with E-state index in [1.165, 1.54) is 6.07 Å². The molecule has 1 heterocycles. The fraction of sp³-hybridized carbons (Fsp3) is 0.462. The zero-order chi connectivity index (χ0) is 13.0. The van der Waals surface area contributed by atoms with Crippen molar-refractivity contribution in [2.24, 2.45) is 0 Å². The van der Waals surface area contributed by atoms with Crippen LogP contribution in [0.3, 0.4) is 0 Å². The Kier molecular flexibility index (Phi) is 4.15. The number of piperazine rings is 1. The van der Waals surface area contributed by atoms with Crippen molar-refractivity contribution in [2.45, 2.75) is 6.92 Å². The van der Waals surface area contributed by atoms with Gasteiger partial charge in [0, 0.05) is 32.2 Å². The minimum absolute atomic E-state index is 0.0392. The molecule has 0 unspecified atom stereocenters. The first-order chi connectivity index (χ1) is 8.66. The van der Waals surface area contributed by atoms with Crippen LogP contribution in [-0.2, 0) is 4.79 Å². The van der Waals surface area contributed by atoms with Gasteiger partial charge in [0.25, 0.3) is 5.91 Å². The van der Waals surface area contributed by atoms with Gasteiger partial charge >= 0.3 is 0 Å². The average molecular weight is 252 g/mol. The fourth-order valence-electron chi connectivity index (χ4n) is 1.81. The number of halogens is 1. The van der Waals surface area contributed by atoms with Crippen molar-refractivity contribution in [3.63, 3.8) is 0 Å². The lowest BCUT2D eigenvalue weighted by atomic mass is 10.2. The van der Waals surface area contributed by atoms with Crippen LogP contribution in [0.2, 0.25) is 0 Å². The Hall–Kier alpha value is -1.62. The molecule has 1 aromatic carbocycles. The molecule has 0 radical (unpaired) electrons. The topological polar surface area (TPSA) is 41.6 Å². The number of hydrogen-bond donors (Lipinski definition) is 1. The lowest BCUT2D eigenvalue weighted by Gasteiger charge is -2.27. The van der Waals surface area contributed by atoms with Crippen LogP contribution < -0.4 is 10.1 Å². The summed E-state index contributed by atoms with van der Waals surface area (Å²) in [5.41, 5.74) is 0.566. The quantitative estimate of drug-likeness (QED) is 0.870. The van der Waals surface area contributed by atoms with Gasteiger partial charge in [-0.1, -0.05) is 6.07 Å². The number of ether oxygens (including phenoxy) is 1. The van der Waals surface area contributed by atoms with Crippen molar-refractivity contribution in [2.75, 3.05) is 32.8 Å². The van der Waals surface area contributed by atoms with Crippen molar-refractivity contribution < 1.29 is 13.9 Å². The Morgan fingerprint density at radius 1 is 1.44 bits per heavy atom. The highest BCUT2D eigenvalue weighted by molar-refractivity contribution is 5.77. The number of nitrogens with zero attached hydrogens (tertiary/aromatic N) is 1. The maximum Gasteiger partial charge on any atom is 0.260 e. The van der Waals surface area contributed by atoms with Gasteiger partial charge in [-0.05, 0) is 18.6 Å². The summed E-state index contributed by atoms with van der Waals surface area (Å²) in [6.45, 7) is 4.66. The van der Waals surface area contributed by atoms with Crippen LogP contribution in [0.5, 0.6) is 5.75 Å². The van der Waals surface area contributed by atoms with Crippen LogP contribution in [-0.4, -0.2) is 43.6 Å². The summed E-state index contributed by atoms with van der Waals surface area (Å²) in [5, 5.41) is 3.17. The van der Waals surface area contributed by atoms with Gasteiger partial charge in [0.2, 0.25) is 0 Å². The van der Waals surface area contributed by atoms with E-state index in [-0.39, 0.29) is 18.3 Å². The van der Waals surface area contributed by atoms with Gasteiger partial charge in [0.1, 0.15) is 11.6 Å². The summed E-state index contributed by atoms with van der Waals surface area (Å²) in [4.78, 5) is 13.6. The van der Waals surface area contributed by atoms with Gasteiger partial charge in [0.15, 0.2) is 6.61 Å². The molecular weight excluding hydrogens is 235 g/mol. The molecular formula is C13H17FN2O2. The number of carbonyl (C=O) groups is 1. The molecule has 2 rings (SSSR count). The van der Waals surface area contributed by atoms with Gasteiger partial charge < -0.3 is 15.0 Å². The molecule has 1 amide bonds. The molecule has 1 N–H and O–H groups in total. The standard InChI is InChI=1S/C13H17FN2O2/c1-10-2-3-11(8-12(10)14)18-9-13(17)16-6-4-15-5-7-16/h2-3,8,15H,4-7,9H2,1H3. The van der Waals surface area contributed by atoms with Gasteiger partial charge in [-0.3, -0.25) is 4.79 Å². The van der Waals surface area contributed by atoms with Crippen molar-refractivity contribution in [1.29, 1.82) is 0 Å². The molecule has 98 valence electrons. The Balaban J connectivity index is 1.86. The third kappa shape index (κ3) is 3.20. The Labute approximate surface area is 106 Å². The molecule has 1 aliphatic rings. The molecule has 0 spiro atoms. The van der Waals surface area contributed by atoms with Gasteiger partial charge in [-0.25, -0.2) is 4.39 Å². The van der Waals surface area contributed by atoms with E-state index < -0.39 is 0 Å². The van der Waals surface area contributed by atoms with E-state index in [1.54, 1.807) is 24.0 Å². The van der Waals surface area contributed by atoms with E-state index in [4.69, 9.17) is 4.74 Å². The smallest absolute Gasteiger partial charge is 0.260 e. The monoisotopic (exact) mass is 252 g/mol. The van der Waals surface area contributed by atoms with Crippen molar-refractivity contribution in [3.8, 4) is 5.75 Å². The Morgan fingerprint density at radius 3 is 2.83 bits per heavy atom. The number of carbonyl (C=O) groups excluding carboxylic acids is 1. The maximum atomic E-state index is 13.3. The van der Waals surface area contributed by atoms with Gasteiger partial charge in [0.05, 0.1) is 0 Å². The molecule has 5 heteroatoms. The van der Waals surface area contributed by atoms with E-state index in [9.17, 15) is 9.18 Å². The normalized spacial score (nSPS) is 15.6. The minimum Gasteiger partial charge on any atom is -0.484 e. The van der Waals surface area contributed by atoms with Crippen molar-refractivity contribution in [3.05, 3.63) is 29.6 Å². The lowest BCUT2D eigenvalue weighted by molar-refractivity contribution is -0.133. The summed E-state index contributed by atoms with van der Waals surface area (Å²) < 4.78 is 18.6. The average Bonchev–Trinajstić information content (AvgIpc) is 2.41. The number of aryl methyl sites for hydroxylation is 1. The number of amides is 1. The molecule has 1 saturated heterocycles. The number of rotatable bonds is 3. The number of benzene rings is 1. The minimum atomic E-state index is -0.317. The fourth-order valence-corrected chi connectivity index (χ4v) is 1.81. The lowest BCUT2D eigenvalue weighted by Crippen LogP contribution is -2.47. The van der Waals surface area contributed by atoms with E-state index in [1.807, 2.05) is 0 Å². The van der Waals surface area contributed by atoms with Crippen LogP contribution in [0.25, 0.3) is 0 Å². The molecule has 1 aromatic rings. The molecule has 0 aliphatic carbocycles. The third-order valence-corrected chi connectivity index (χ3v) is 2.98. The van der Waals surface area contributed by atoms with Crippen LogP contribution in [0.1, 0.15) is 5.56 Å². The first-order valence-corrected chi connectivity index (χ1v) is 6.04. The highest BCUT2D eigenvalue weighted by Crippen LogP contribution is 2.15. The van der Waals surface area contributed by atoms with Crippen LogP contribution >= 0.6 is 0 Å². The molecule has 0 bridgehead atoms. The molecule has 1 fully saturated rings. The van der Waals surface area contributed by atoms with E-state index in [2.05, 4.69) is 5.32 Å². The molecule has 0 aromatic heterocycles. The zero-order valence-corrected chi connectivity index (χ0v) is 10.4. The second kappa shape index (κ2) is 5.82. The molecule has 0 saturated carbocycles. The van der Waals surface area contributed by atoms with E-state index >= 15 is 0 Å². The van der Waals surface area contributed by atoms with Gasteiger partial charge in [-0.2, -0.15) is 0 Å². The summed E-state index contributed by atoms with van der Waals surface area (Å²) >= 11 is 0. The van der Waals surface area contributed by atoms with Crippen LogP contribution in [0, 0.1) is 12.7 Å². The van der Waals surface area contributed by atoms with Gasteiger partial charge in [-0.15, -0.1) is 0 Å². The van der Waals surface area contributed by atoms with E-state index in [0.717, 1.165) is 13.1 Å². The Morgan fingerprint density at radius 2 is 2.17 bits per heavy atom. The summed E-state index contributed by atoms with van der Waals surface area (Å²) in [6, 6.07) is 4.61. The van der Waals surface area contributed by atoms with Crippen molar-refractivity contribution >= 4 is 5.91 Å². The highest BCUT2D eigenvalue weighted by Gasteiger charge is 2.16. The Bertz CT molecular complexity index is 431. The second-order valence-corrected chi connectivity index (χ2v) is 4.33. The third-order valence-electron chi connectivity index (χ3n) is 2.98. The predicted octanol–water partition coefficient (Wildman–Crippen LogP) is 0.945. The molecule has 1 aliphatic heterocycles. The second-order valence-electron chi connectivity index (χ2n) is 4.33.